The molecule has 18 heavy (non-hydrogen) atoms. The van der Waals surface area contributed by atoms with Gasteiger partial charge in [0.15, 0.2) is 0 Å². The van der Waals surface area contributed by atoms with Crippen molar-refractivity contribution in [2.75, 3.05) is 0 Å². The maximum absolute atomic E-state index is 9.74. The van der Waals surface area contributed by atoms with Gasteiger partial charge in [-0.05, 0) is 37.3 Å². The molecule has 2 aromatic rings. The van der Waals surface area contributed by atoms with Gasteiger partial charge in [0.05, 0.1) is 4.34 Å². The van der Waals surface area contributed by atoms with Crippen LogP contribution in [0.2, 0.25) is 4.34 Å². The molecule has 1 heterocycles. The topological polar surface area (TPSA) is 52.5 Å². The van der Waals surface area contributed by atoms with Crippen LogP contribution < -0.4 is 5.32 Å². The minimum atomic E-state index is -0.0574. The van der Waals surface area contributed by atoms with E-state index in [0.717, 1.165) is 9.21 Å². The highest BCUT2D eigenvalue weighted by Crippen LogP contribution is 2.28. The predicted molar refractivity (Wildman–Crippen MR) is 74.4 cm³/mol. The molecule has 0 aliphatic carbocycles. The number of hydrogen-bond donors (Lipinski definition) is 3. The summed E-state index contributed by atoms with van der Waals surface area (Å²) in [4.78, 5) is 1.13. The molecule has 1 unspecified atom stereocenters. The molecule has 0 aliphatic rings. The molecule has 0 saturated heterocycles. The summed E-state index contributed by atoms with van der Waals surface area (Å²) in [5.74, 6) is 0.327. The first-order valence-electron chi connectivity index (χ1n) is 5.55. The SMILES string of the molecule is CC(NCc1ccc(Cl)s1)c1cc(O)ccc1O. The number of phenolic OH excluding ortho intramolecular Hbond substituents is 2. The summed E-state index contributed by atoms with van der Waals surface area (Å²) in [5.41, 5.74) is 0.678. The zero-order chi connectivity index (χ0) is 13.1. The van der Waals surface area contributed by atoms with Crippen LogP contribution in [-0.2, 0) is 6.54 Å². The Morgan fingerprint density at radius 2 is 2.06 bits per heavy atom. The Morgan fingerprint density at radius 1 is 1.28 bits per heavy atom. The highest BCUT2D eigenvalue weighted by atomic mass is 35.5. The Morgan fingerprint density at radius 3 is 2.72 bits per heavy atom. The van der Waals surface area contributed by atoms with Crippen LogP contribution >= 0.6 is 22.9 Å². The standard InChI is InChI=1S/C13H14ClNO2S/c1-8(11-6-9(16)2-4-12(11)17)15-7-10-3-5-13(14)18-10/h2-6,8,15-17H,7H2,1H3. The molecule has 3 nitrogen and oxygen atoms in total. The quantitative estimate of drug-likeness (QED) is 0.751. The Bertz CT molecular complexity index is 542. The molecule has 96 valence electrons. The van der Waals surface area contributed by atoms with Crippen LogP contribution in [0.3, 0.4) is 0 Å². The highest BCUT2D eigenvalue weighted by molar-refractivity contribution is 7.16. The number of benzene rings is 1. The number of phenols is 2. The van der Waals surface area contributed by atoms with Crippen LogP contribution in [-0.4, -0.2) is 10.2 Å². The number of hydrogen-bond acceptors (Lipinski definition) is 4. The molecule has 1 aromatic carbocycles. The summed E-state index contributed by atoms with van der Waals surface area (Å²) in [6.07, 6.45) is 0. The molecule has 2 rings (SSSR count). The zero-order valence-corrected chi connectivity index (χ0v) is 11.4. The predicted octanol–water partition coefficient (Wildman–Crippen LogP) is 3.66. The number of thiophene rings is 1. The number of rotatable bonds is 4. The lowest BCUT2D eigenvalue weighted by Gasteiger charge is -2.15. The number of aromatic hydroxyl groups is 2. The molecule has 0 saturated carbocycles. The monoisotopic (exact) mass is 283 g/mol. The van der Waals surface area contributed by atoms with E-state index in [-0.39, 0.29) is 17.5 Å². The Balaban J connectivity index is 2.03. The lowest BCUT2D eigenvalue weighted by molar-refractivity contribution is 0.441. The summed E-state index contributed by atoms with van der Waals surface area (Å²) in [7, 11) is 0. The Kier molecular flexibility index (Phi) is 4.11. The molecule has 0 aliphatic heterocycles. The first-order chi connectivity index (χ1) is 8.56. The van der Waals surface area contributed by atoms with E-state index >= 15 is 0 Å². The van der Waals surface area contributed by atoms with Gasteiger partial charge in [-0.1, -0.05) is 11.6 Å². The summed E-state index contributed by atoms with van der Waals surface area (Å²) >= 11 is 7.38. The fourth-order valence-corrected chi connectivity index (χ4v) is 2.74. The largest absolute Gasteiger partial charge is 0.508 e. The zero-order valence-electron chi connectivity index (χ0n) is 9.85. The van der Waals surface area contributed by atoms with Crippen LogP contribution in [0.25, 0.3) is 0 Å². The molecule has 0 radical (unpaired) electrons. The summed E-state index contributed by atoms with van der Waals surface area (Å²) in [6, 6.07) is 8.29. The normalized spacial score (nSPS) is 12.6. The Hall–Kier alpha value is -1.23. The van der Waals surface area contributed by atoms with E-state index in [4.69, 9.17) is 11.6 Å². The molecule has 0 spiro atoms. The van der Waals surface area contributed by atoms with Gasteiger partial charge >= 0.3 is 0 Å². The molecule has 1 aromatic heterocycles. The highest BCUT2D eigenvalue weighted by Gasteiger charge is 2.11. The van der Waals surface area contributed by atoms with E-state index in [9.17, 15) is 10.2 Å². The average molecular weight is 284 g/mol. The third-order valence-corrected chi connectivity index (χ3v) is 3.92. The molecular formula is C13H14ClNO2S. The lowest BCUT2D eigenvalue weighted by atomic mass is 10.1. The van der Waals surface area contributed by atoms with Gasteiger partial charge in [-0.15, -0.1) is 11.3 Å². The van der Waals surface area contributed by atoms with Crippen molar-refractivity contribution in [2.45, 2.75) is 19.5 Å². The van der Waals surface area contributed by atoms with Gasteiger partial charge in [0, 0.05) is 23.0 Å². The Labute approximate surface area is 115 Å². The van der Waals surface area contributed by atoms with Gasteiger partial charge in [-0.25, -0.2) is 0 Å². The molecule has 0 amide bonds. The fraction of sp³-hybridized carbons (Fsp3) is 0.231. The molecule has 5 heteroatoms. The minimum absolute atomic E-state index is 0.0574. The third kappa shape index (κ3) is 3.16. The second-order valence-corrected chi connectivity index (χ2v) is 5.85. The number of nitrogens with one attached hydrogen (secondary N) is 1. The van der Waals surface area contributed by atoms with Crippen molar-refractivity contribution in [1.29, 1.82) is 0 Å². The van der Waals surface area contributed by atoms with Crippen LogP contribution in [0.1, 0.15) is 23.4 Å². The molecular weight excluding hydrogens is 270 g/mol. The van der Waals surface area contributed by atoms with Gasteiger partial charge < -0.3 is 15.5 Å². The molecule has 1 atom stereocenters. The summed E-state index contributed by atoms with van der Waals surface area (Å²) in [5, 5.41) is 22.4. The molecule has 0 bridgehead atoms. The van der Waals surface area contributed by atoms with Crippen LogP contribution in [0.5, 0.6) is 11.5 Å². The number of halogens is 1. The van der Waals surface area contributed by atoms with Crippen LogP contribution in [0, 0.1) is 0 Å². The smallest absolute Gasteiger partial charge is 0.120 e. The van der Waals surface area contributed by atoms with E-state index in [1.165, 1.54) is 23.5 Å². The summed E-state index contributed by atoms with van der Waals surface area (Å²) in [6.45, 7) is 2.61. The van der Waals surface area contributed by atoms with Gasteiger partial charge in [0.2, 0.25) is 0 Å². The molecule has 0 fully saturated rings. The van der Waals surface area contributed by atoms with Crippen molar-refractivity contribution < 1.29 is 10.2 Å². The minimum Gasteiger partial charge on any atom is -0.508 e. The first kappa shape index (κ1) is 13.2. The van der Waals surface area contributed by atoms with Crippen molar-refractivity contribution in [1.82, 2.24) is 5.32 Å². The van der Waals surface area contributed by atoms with Gasteiger partial charge in [0.25, 0.3) is 0 Å². The molecule has 3 N–H and O–H groups in total. The second kappa shape index (κ2) is 5.61. The van der Waals surface area contributed by atoms with Crippen molar-refractivity contribution in [2.24, 2.45) is 0 Å². The second-order valence-electron chi connectivity index (χ2n) is 4.05. The van der Waals surface area contributed by atoms with Gasteiger partial charge in [-0.2, -0.15) is 0 Å². The van der Waals surface area contributed by atoms with Crippen molar-refractivity contribution in [3.8, 4) is 11.5 Å². The first-order valence-corrected chi connectivity index (χ1v) is 6.75. The average Bonchev–Trinajstić information content (AvgIpc) is 2.75. The van der Waals surface area contributed by atoms with Crippen molar-refractivity contribution >= 4 is 22.9 Å². The van der Waals surface area contributed by atoms with Crippen molar-refractivity contribution in [3.05, 3.63) is 45.1 Å². The van der Waals surface area contributed by atoms with Gasteiger partial charge in [0.1, 0.15) is 11.5 Å². The van der Waals surface area contributed by atoms with E-state index in [1.807, 2.05) is 19.1 Å². The fourth-order valence-electron chi connectivity index (χ4n) is 1.70. The van der Waals surface area contributed by atoms with Crippen LogP contribution in [0.15, 0.2) is 30.3 Å². The third-order valence-electron chi connectivity index (χ3n) is 2.69. The van der Waals surface area contributed by atoms with Crippen LogP contribution in [0.4, 0.5) is 0 Å². The maximum atomic E-state index is 9.74. The lowest BCUT2D eigenvalue weighted by Crippen LogP contribution is -2.17. The maximum Gasteiger partial charge on any atom is 0.120 e. The van der Waals surface area contributed by atoms with Crippen molar-refractivity contribution in [3.63, 3.8) is 0 Å². The van der Waals surface area contributed by atoms with Gasteiger partial charge in [-0.3, -0.25) is 0 Å². The van der Waals surface area contributed by atoms with E-state index in [1.54, 1.807) is 6.07 Å². The van der Waals surface area contributed by atoms with E-state index in [0.29, 0.717) is 12.1 Å². The van der Waals surface area contributed by atoms with E-state index < -0.39 is 0 Å². The summed E-state index contributed by atoms with van der Waals surface area (Å²) < 4.78 is 0.764. The van der Waals surface area contributed by atoms with E-state index in [2.05, 4.69) is 5.32 Å².